The summed E-state index contributed by atoms with van der Waals surface area (Å²) in [4.78, 5) is 23.5. The minimum atomic E-state index is -1.01. The summed E-state index contributed by atoms with van der Waals surface area (Å²) in [6, 6.07) is -0.801. The number of alkyl halides is 1. The van der Waals surface area contributed by atoms with E-state index >= 15 is 0 Å². The molecule has 0 amide bonds. The summed E-state index contributed by atoms with van der Waals surface area (Å²) in [6.07, 6.45) is 10.8. The number of halogens is 1. The van der Waals surface area contributed by atoms with Crippen LogP contribution < -0.4 is 0 Å². The van der Waals surface area contributed by atoms with Gasteiger partial charge in [0.25, 0.3) is 0 Å². The lowest BCUT2D eigenvalue weighted by Gasteiger charge is -2.63. The molecule has 4 saturated carbocycles. The van der Waals surface area contributed by atoms with E-state index in [2.05, 4.69) is 34.6 Å². The average Bonchev–Trinajstić information content (AvgIpc) is 3.05. The smallest absolute Gasteiger partial charge is 0.233 e. The molecule has 0 aromatic carbocycles. The number of rotatable bonds is 6. The second kappa shape index (κ2) is 8.54. The summed E-state index contributed by atoms with van der Waals surface area (Å²) in [7, 11) is 0. The minimum Gasteiger partial charge on any atom is -0.300 e. The molecule has 4 aliphatic carbocycles. The van der Waals surface area contributed by atoms with Gasteiger partial charge in [-0.15, -0.1) is 11.6 Å². The van der Waals surface area contributed by atoms with Crippen molar-refractivity contribution in [3.8, 4) is 0 Å². The molecule has 5 heteroatoms. The molecule has 32 heavy (non-hydrogen) atoms. The van der Waals surface area contributed by atoms with Gasteiger partial charge in [-0.3, -0.25) is 14.9 Å². The Bertz CT molecular complexity index is 755. The zero-order valence-corrected chi connectivity index (χ0v) is 21.6. The highest BCUT2D eigenvalue weighted by atomic mass is 35.5. The molecule has 0 radical (unpaired) electrons. The number of carbonyl (C=O) groups excluding carboxylic acids is 1. The molecule has 4 aliphatic rings. The summed E-state index contributed by atoms with van der Waals surface area (Å²) in [6.45, 7) is 11.8. The Kier molecular flexibility index (Phi) is 6.53. The molecule has 4 nitrogen and oxygen atoms in total. The Labute approximate surface area is 199 Å². The van der Waals surface area contributed by atoms with Gasteiger partial charge < -0.3 is 0 Å². The highest BCUT2D eigenvalue weighted by Gasteiger charge is 2.70. The van der Waals surface area contributed by atoms with Crippen LogP contribution in [-0.4, -0.2) is 21.6 Å². The second-order valence-electron chi connectivity index (χ2n) is 12.9. The fraction of sp³-hybridized carbons (Fsp3) is 0.963. The number of carbonyl (C=O) groups is 1. The summed E-state index contributed by atoms with van der Waals surface area (Å²) >= 11 is 7.17. The van der Waals surface area contributed by atoms with Gasteiger partial charge in [0, 0.05) is 24.2 Å². The number of Topliss-reactive ketones (excluding diaryl/α,β-unsaturated/α-hetero) is 1. The Morgan fingerprint density at radius 3 is 2.47 bits per heavy atom. The topological polar surface area (TPSA) is 60.2 Å². The van der Waals surface area contributed by atoms with Crippen molar-refractivity contribution in [3.05, 3.63) is 10.1 Å². The van der Waals surface area contributed by atoms with Crippen molar-refractivity contribution in [1.29, 1.82) is 0 Å². The van der Waals surface area contributed by atoms with Gasteiger partial charge in [-0.05, 0) is 78.4 Å². The van der Waals surface area contributed by atoms with Crippen LogP contribution >= 0.6 is 11.6 Å². The van der Waals surface area contributed by atoms with Gasteiger partial charge in [-0.2, -0.15) is 0 Å². The van der Waals surface area contributed by atoms with Crippen LogP contribution in [0.1, 0.15) is 105 Å². The first kappa shape index (κ1) is 24.5. The molecule has 4 fully saturated rings. The van der Waals surface area contributed by atoms with E-state index < -0.39 is 10.9 Å². The van der Waals surface area contributed by atoms with Crippen molar-refractivity contribution >= 4 is 17.4 Å². The molecule has 0 saturated heterocycles. The maximum absolute atomic E-state index is 12.4. The van der Waals surface area contributed by atoms with E-state index in [0.29, 0.717) is 36.0 Å². The van der Waals surface area contributed by atoms with Crippen molar-refractivity contribution in [2.24, 2.45) is 46.3 Å². The first-order valence-electron chi connectivity index (χ1n) is 13.3. The van der Waals surface area contributed by atoms with Crippen LogP contribution in [0.25, 0.3) is 0 Å². The van der Waals surface area contributed by atoms with Gasteiger partial charge in [-0.25, -0.2) is 0 Å². The highest BCUT2D eigenvalue weighted by molar-refractivity contribution is 6.26. The largest absolute Gasteiger partial charge is 0.300 e. The first-order chi connectivity index (χ1) is 14.9. The molecule has 0 aromatic rings. The van der Waals surface area contributed by atoms with Crippen LogP contribution in [0.3, 0.4) is 0 Å². The van der Waals surface area contributed by atoms with Crippen LogP contribution in [0.5, 0.6) is 0 Å². The molecular weight excluding hydrogens is 422 g/mol. The molecule has 0 aromatic heterocycles. The fourth-order valence-electron chi connectivity index (χ4n) is 9.31. The average molecular weight is 466 g/mol. The van der Waals surface area contributed by atoms with Crippen molar-refractivity contribution in [3.63, 3.8) is 0 Å². The maximum Gasteiger partial charge on any atom is 0.233 e. The third-order valence-corrected chi connectivity index (χ3v) is 11.9. The summed E-state index contributed by atoms with van der Waals surface area (Å²) < 4.78 is 0. The Morgan fingerprint density at radius 1 is 1.09 bits per heavy atom. The van der Waals surface area contributed by atoms with Gasteiger partial charge in [0.05, 0.1) is 0 Å². The summed E-state index contributed by atoms with van der Waals surface area (Å²) in [5.41, 5.74) is -0.0157. The Balaban J connectivity index is 1.59. The van der Waals surface area contributed by atoms with Crippen molar-refractivity contribution in [2.45, 2.75) is 116 Å². The Morgan fingerprint density at radius 2 is 1.81 bits per heavy atom. The number of hydrogen-bond acceptors (Lipinski definition) is 3. The quantitative estimate of drug-likeness (QED) is 0.235. The van der Waals surface area contributed by atoms with Crippen molar-refractivity contribution in [2.75, 3.05) is 0 Å². The van der Waals surface area contributed by atoms with E-state index in [1.807, 2.05) is 0 Å². The van der Waals surface area contributed by atoms with Crippen LogP contribution in [0.2, 0.25) is 0 Å². The summed E-state index contributed by atoms with van der Waals surface area (Å²) in [5.74, 6) is 3.70. The standard InChI is InChI=1S/C27H44ClNO3/c1-17(2)7-6-8-18(3)21-9-10-22-20-15-24(29(31)32)27(28)16-19(30)11-14-26(27,5)23(20)12-13-25(21,22)4/h17-18,20-24H,6-16H2,1-5H3. The molecule has 9 atom stereocenters. The minimum absolute atomic E-state index is 0.111. The second-order valence-corrected chi connectivity index (χ2v) is 13.6. The molecule has 0 spiro atoms. The van der Waals surface area contributed by atoms with Crippen molar-refractivity contribution < 1.29 is 9.72 Å². The van der Waals surface area contributed by atoms with E-state index in [9.17, 15) is 14.9 Å². The number of hydrogen-bond donors (Lipinski definition) is 0. The molecular formula is C27H44ClNO3. The van der Waals surface area contributed by atoms with Gasteiger partial charge in [0.2, 0.25) is 6.04 Å². The number of nitrogens with zero attached hydrogens (tertiary/aromatic N) is 1. The Hall–Kier alpha value is -0.640. The van der Waals surface area contributed by atoms with Gasteiger partial charge in [0.1, 0.15) is 10.7 Å². The number of ketones is 1. The van der Waals surface area contributed by atoms with Crippen molar-refractivity contribution in [1.82, 2.24) is 0 Å². The zero-order chi connectivity index (χ0) is 23.5. The molecule has 9 unspecified atom stereocenters. The maximum atomic E-state index is 12.4. The predicted molar refractivity (Wildman–Crippen MR) is 129 cm³/mol. The SMILES string of the molecule is CC(C)CCCC(C)C1CCC2C3CC([N+](=O)[O-])C4(Cl)CC(=O)CCC4(C)C3CCC12C. The van der Waals surface area contributed by atoms with E-state index in [-0.39, 0.29) is 22.5 Å². The molecule has 0 aliphatic heterocycles. The highest BCUT2D eigenvalue weighted by Crippen LogP contribution is 2.70. The normalized spacial score (nSPS) is 47.0. The van der Waals surface area contributed by atoms with E-state index in [4.69, 9.17) is 11.6 Å². The van der Waals surface area contributed by atoms with Crippen LogP contribution in [0, 0.1) is 56.5 Å². The number of fused-ring (bicyclic) bond motifs is 5. The fourth-order valence-corrected chi connectivity index (χ4v) is 9.86. The molecule has 182 valence electrons. The van der Waals surface area contributed by atoms with E-state index in [1.54, 1.807) is 0 Å². The predicted octanol–water partition coefficient (Wildman–Crippen LogP) is 7.29. The lowest BCUT2D eigenvalue weighted by Crippen LogP contribution is -2.67. The van der Waals surface area contributed by atoms with Gasteiger partial charge in [0.15, 0.2) is 0 Å². The monoisotopic (exact) mass is 465 g/mol. The summed E-state index contributed by atoms with van der Waals surface area (Å²) in [5, 5.41) is 12.3. The third-order valence-electron chi connectivity index (χ3n) is 11.1. The lowest BCUT2D eigenvalue weighted by atomic mass is 9.43. The van der Waals surface area contributed by atoms with E-state index in [0.717, 1.165) is 30.6 Å². The first-order valence-corrected chi connectivity index (χ1v) is 13.7. The van der Waals surface area contributed by atoms with E-state index in [1.165, 1.54) is 38.5 Å². The van der Waals surface area contributed by atoms with Crippen LogP contribution in [-0.2, 0) is 4.79 Å². The van der Waals surface area contributed by atoms with Gasteiger partial charge >= 0.3 is 0 Å². The zero-order valence-electron chi connectivity index (χ0n) is 20.9. The molecule has 4 rings (SSSR count). The van der Waals surface area contributed by atoms with Crippen LogP contribution in [0.4, 0.5) is 0 Å². The third kappa shape index (κ3) is 3.66. The van der Waals surface area contributed by atoms with Gasteiger partial charge in [-0.1, -0.05) is 53.9 Å². The lowest BCUT2D eigenvalue weighted by molar-refractivity contribution is -0.542. The molecule has 0 bridgehead atoms. The number of nitro groups is 1. The van der Waals surface area contributed by atoms with Crippen LogP contribution in [0.15, 0.2) is 0 Å². The molecule has 0 N–H and O–H groups in total. The molecule has 0 heterocycles.